The Labute approximate surface area is 202 Å². The highest BCUT2D eigenvalue weighted by Gasteiger charge is 2.27. The summed E-state index contributed by atoms with van der Waals surface area (Å²) < 4.78 is 30.1. The van der Waals surface area contributed by atoms with Gasteiger partial charge in [0, 0.05) is 39.6 Å². The topological polar surface area (TPSA) is 105 Å². The molecule has 184 valence electrons. The molecule has 0 saturated heterocycles. The molecule has 2 aromatic heterocycles. The average molecular weight is 486 g/mol. The van der Waals surface area contributed by atoms with E-state index in [1.807, 2.05) is 43.3 Å². The van der Waals surface area contributed by atoms with Crippen molar-refractivity contribution < 1.29 is 8.42 Å². The van der Waals surface area contributed by atoms with E-state index in [0.29, 0.717) is 40.6 Å². The summed E-state index contributed by atoms with van der Waals surface area (Å²) >= 11 is 0. The molecule has 0 spiro atoms. The second-order valence-corrected chi connectivity index (χ2v) is 11.2. The van der Waals surface area contributed by atoms with Crippen molar-refractivity contribution in [3.05, 3.63) is 35.7 Å². The van der Waals surface area contributed by atoms with Crippen LogP contribution in [0.4, 0.5) is 11.8 Å². The minimum absolute atomic E-state index is 0.306. The zero-order valence-corrected chi connectivity index (χ0v) is 21.5. The van der Waals surface area contributed by atoms with E-state index >= 15 is 0 Å². The van der Waals surface area contributed by atoms with E-state index in [-0.39, 0.29) is 0 Å². The summed E-state index contributed by atoms with van der Waals surface area (Å²) in [5.74, 6) is 2.43. The number of para-hydroxylation sites is 1. The first-order valence-corrected chi connectivity index (χ1v) is 13.3. The highest BCUT2D eigenvalue weighted by atomic mass is 32.2. The van der Waals surface area contributed by atoms with Crippen molar-refractivity contribution in [1.82, 2.24) is 24.5 Å². The molecule has 3 aromatic rings. The lowest BCUT2D eigenvalue weighted by atomic mass is 9.82. The van der Waals surface area contributed by atoms with Gasteiger partial charge in [-0.3, -0.25) is 4.68 Å². The van der Waals surface area contributed by atoms with Crippen LogP contribution in [0.2, 0.25) is 0 Å². The quantitative estimate of drug-likeness (QED) is 0.505. The fraction of sp³-hybridized carbons (Fsp3) is 0.542. The maximum Gasteiger partial charge on any atom is 0.244 e. The first-order valence-electron chi connectivity index (χ1n) is 11.8. The van der Waals surface area contributed by atoms with Crippen LogP contribution in [0.3, 0.4) is 0 Å². The molecular weight excluding hydrogens is 450 g/mol. The highest BCUT2D eigenvalue weighted by molar-refractivity contribution is 7.89. The number of hydrogen-bond donors (Lipinski definition) is 2. The highest BCUT2D eigenvalue weighted by Crippen LogP contribution is 2.30. The lowest BCUT2D eigenvalue weighted by Crippen LogP contribution is -2.32. The number of fused-ring (bicyclic) bond motifs is 1. The van der Waals surface area contributed by atoms with Crippen LogP contribution in [0.1, 0.15) is 37.1 Å². The molecule has 1 aliphatic carbocycles. The first kappa shape index (κ1) is 24.4. The molecule has 0 atom stereocenters. The van der Waals surface area contributed by atoms with Crippen LogP contribution in [0.15, 0.2) is 29.2 Å². The Hall–Kier alpha value is -2.72. The maximum atomic E-state index is 12.8. The molecule has 2 heterocycles. The normalized spacial score (nSPS) is 18.9. The summed E-state index contributed by atoms with van der Waals surface area (Å²) in [4.78, 5) is 11.7. The second-order valence-electron chi connectivity index (χ2n) is 9.53. The summed E-state index contributed by atoms with van der Waals surface area (Å²) in [7, 11) is 2.19. The molecule has 0 amide bonds. The van der Waals surface area contributed by atoms with Crippen LogP contribution in [-0.4, -0.2) is 55.4 Å². The molecule has 2 N–H and O–H groups in total. The van der Waals surface area contributed by atoms with Gasteiger partial charge in [-0.2, -0.15) is 10.1 Å². The van der Waals surface area contributed by atoms with E-state index in [2.05, 4.69) is 20.1 Å². The van der Waals surface area contributed by atoms with E-state index < -0.39 is 10.0 Å². The van der Waals surface area contributed by atoms with Crippen LogP contribution in [-0.2, 0) is 17.1 Å². The second kappa shape index (κ2) is 9.87. The lowest BCUT2D eigenvalue weighted by molar-refractivity contribution is 0.284. The van der Waals surface area contributed by atoms with Crippen LogP contribution in [0.25, 0.3) is 10.9 Å². The van der Waals surface area contributed by atoms with Crippen molar-refractivity contribution in [1.29, 1.82) is 0 Å². The fourth-order valence-corrected chi connectivity index (χ4v) is 6.35. The zero-order chi connectivity index (χ0) is 24.5. The molecule has 9 nitrogen and oxygen atoms in total. The number of sulfonamides is 1. The van der Waals surface area contributed by atoms with E-state index in [1.165, 1.54) is 0 Å². The van der Waals surface area contributed by atoms with Crippen LogP contribution < -0.4 is 14.9 Å². The van der Waals surface area contributed by atoms with Gasteiger partial charge in [0.15, 0.2) is 0 Å². The minimum Gasteiger partial charge on any atom is -0.362 e. The van der Waals surface area contributed by atoms with Crippen LogP contribution >= 0.6 is 0 Å². The molecule has 1 aromatic carbocycles. The summed E-state index contributed by atoms with van der Waals surface area (Å²) in [5.41, 5.74) is 2.13. The van der Waals surface area contributed by atoms with E-state index in [1.54, 1.807) is 25.6 Å². The number of nitrogens with one attached hydrogen (secondary N) is 2. The Kier molecular flexibility index (Phi) is 7.09. The molecule has 4 rings (SSSR count). The predicted octanol–water partition coefficient (Wildman–Crippen LogP) is 3.24. The van der Waals surface area contributed by atoms with Gasteiger partial charge >= 0.3 is 0 Å². The molecule has 0 bridgehead atoms. The smallest absolute Gasteiger partial charge is 0.244 e. The molecule has 0 unspecified atom stereocenters. The lowest BCUT2D eigenvalue weighted by Gasteiger charge is -2.28. The zero-order valence-electron chi connectivity index (χ0n) is 20.7. The number of anilines is 2. The van der Waals surface area contributed by atoms with Gasteiger partial charge < -0.3 is 10.2 Å². The first-order chi connectivity index (χ1) is 16.2. The molecular formula is C24H35N7O2S. The standard InChI is InChI=1S/C24H35N7O2S/c1-16-22(17(2)31(5)29-16)34(32,33)26-15-19-12-10-18(11-13-19)14-25-24-27-21-9-7-6-8-20(21)23(28-24)30(3)4/h6-9,18-19,26H,10-15H2,1-5H3,(H,25,27,28). The predicted molar refractivity (Wildman–Crippen MR) is 136 cm³/mol. The number of aryl methyl sites for hydroxylation is 2. The largest absolute Gasteiger partial charge is 0.362 e. The molecule has 1 fully saturated rings. The van der Waals surface area contributed by atoms with Crippen molar-refractivity contribution in [3.8, 4) is 0 Å². The van der Waals surface area contributed by atoms with Crippen molar-refractivity contribution >= 4 is 32.7 Å². The molecule has 34 heavy (non-hydrogen) atoms. The molecule has 0 aliphatic heterocycles. The van der Waals surface area contributed by atoms with Crippen LogP contribution in [0, 0.1) is 25.7 Å². The van der Waals surface area contributed by atoms with Crippen molar-refractivity contribution in [2.75, 3.05) is 37.4 Å². The van der Waals surface area contributed by atoms with Crippen molar-refractivity contribution in [2.24, 2.45) is 18.9 Å². The van der Waals surface area contributed by atoms with Gasteiger partial charge in [0.2, 0.25) is 16.0 Å². The monoisotopic (exact) mass is 485 g/mol. The molecule has 1 aliphatic rings. The maximum absolute atomic E-state index is 12.8. The third-order valence-corrected chi connectivity index (χ3v) is 8.47. The Morgan fingerprint density at radius 1 is 1.03 bits per heavy atom. The van der Waals surface area contributed by atoms with Gasteiger partial charge in [-0.1, -0.05) is 12.1 Å². The number of nitrogens with zero attached hydrogens (tertiary/aromatic N) is 5. The third kappa shape index (κ3) is 5.17. The van der Waals surface area contributed by atoms with Gasteiger partial charge in [0.05, 0.1) is 16.9 Å². The summed E-state index contributed by atoms with van der Waals surface area (Å²) in [6.45, 7) is 4.81. The SMILES string of the molecule is Cc1nn(C)c(C)c1S(=O)(=O)NCC1CCC(CNc2nc(N(C)C)c3ccccc3n2)CC1. The summed E-state index contributed by atoms with van der Waals surface area (Å²) in [6, 6.07) is 8.05. The van der Waals surface area contributed by atoms with Gasteiger partial charge in [-0.25, -0.2) is 18.1 Å². The van der Waals surface area contributed by atoms with E-state index in [9.17, 15) is 8.42 Å². The summed E-state index contributed by atoms with van der Waals surface area (Å²) in [6.07, 6.45) is 4.11. The van der Waals surface area contributed by atoms with E-state index in [4.69, 9.17) is 4.98 Å². The van der Waals surface area contributed by atoms with Gasteiger partial charge in [-0.05, 0) is 63.5 Å². The Balaban J connectivity index is 1.30. The minimum atomic E-state index is -3.56. The Bertz CT molecular complexity index is 1260. The number of aromatic nitrogens is 4. The van der Waals surface area contributed by atoms with Gasteiger partial charge in [0.1, 0.15) is 10.7 Å². The van der Waals surface area contributed by atoms with Gasteiger partial charge in [0.25, 0.3) is 0 Å². The van der Waals surface area contributed by atoms with E-state index in [0.717, 1.165) is 48.9 Å². The van der Waals surface area contributed by atoms with Crippen molar-refractivity contribution in [2.45, 2.75) is 44.4 Å². The summed E-state index contributed by atoms with van der Waals surface area (Å²) in [5, 5.41) is 8.72. The molecule has 10 heteroatoms. The number of hydrogen-bond acceptors (Lipinski definition) is 7. The Morgan fingerprint density at radius 2 is 1.68 bits per heavy atom. The van der Waals surface area contributed by atoms with Gasteiger partial charge in [-0.15, -0.1) is 0 Å². The van der Waals surface area contributed by atoms with Crippen LogP contribution in [0.5, 0.6) is 0 Å². The molecule has 1 saturated carbocycles. The third-order valence-electron chi connectivity index (χ3n) is 6.80. The number of benzene rings is 1. The molecule has 0 radical (unpaired) electrons. The fourth-order valence-electron chi connectivity index (χ4n) is 4.80. The number of rotatable bonds is 8. The van der Waals surface area contributed by atoms with Crippen molar-refractivity contribution in [3.63, 3.8) is 0 Å². The Morgan fingerprint density at radius 3 is 2.29 bits per heavy atom. The average Bonchev–Trinajstić information content (AvgIpc) is 3.08.